The molecule has 0 aromatic heterocycles. The lowest BCUT2D eigenvalue weighted by atomic mass is 10.2. The van der Waals surface area contributed by atoms with Gasteiger partial charge in [0, 0.05) is 5.56 Å². The first-order chi connectivity index (χ1) is 5.77. The van der Waals surface area contributed by atoms with Gasteiger partial charge in [-0.25, -0.2) is 4.79 Å². The van der Waals surface area contributed by atoms with E-state index >= 15 is 0 Å². The molecule has 60 valence electrons. The van der Waals surface area contributed by atoms with Gasteiger partial charge >= 0.3 is 5.97 Å². The van der Waals surface area contributed by atoms with Gasteiger partial charge in [0.25, 0.3) is 0 Å². The summed E-state index contributed by atoms with van der Waals surface area (Å²) in [6, 6.07) is 8.60. The average Bonchev–Trinajstić information content (AvgIpc) is 2.49. The van der Waals surface area contributed by atoms with Crippen molar-refractivity contribution >= 4 is 5.97 Å². The molecule has 0 saturated heterocycles. The Bertz CT molecular complexity index is 389. The van der Waals surface area contributed by atoms with E-state index in [1.54, 1.807) is 12.1 Å². The second-order valence-electron chi connectivity index (χ2n) is 2.45. The van der Waals surface area contributed by atoms with E-state index in [0.29, 0.717) is 5.76 Å². The van der Waals surface area contributed by atoms with Gasteiger partial charge in [-0.05, 0) is 18.2 Å². The summed E-state index contributed by atoms with van der Waals surface area (Å²) in [4.78, 5) is 10.5. The van der Waals surface area contributed by atoms with Crippen LogP contribution in [0.3, 0.4) is 0 Å². The van der Waals surface area contributed by atoms with Crippen molar-refractivity contribution in [3.8, 4) is 11.3 Å². The maximum absolute atomic E-state index is 10.5. The molecular weight excluding hydrogens is 156 g/mol. The molecule has 0 radical (unpaired) electrons. The summed E-state index contributed by atoms with van der Waals surface area (Å²) in [6.45, 7) is 0. The zero-order chi connectivity index (χ0) is 8.55. The lowest BCUT2D eigenvalue weighted by Gasteiger charge is -1.98. The Labute approximate surface area is 68.6 Å². The van der Waals surface area contributed by atoms with Crippen molar-refractivity contribution in [3.05, 3.63) is 36.1 Å². The number of carboxylic acids is 1. The molecule has 0 aromatic carbocycles. The van der Waals surface area contributed by atoms with E-state index in [-0.39, 0.29) is 5.76 Å². The maximum Gasteiger partial charge on any atom is 0.371 e. The molecular formula is C9H6O3. The average molecular weight is 162 g/mol. The lowest BCUT2D eigenvalue weighted by Crippen LogP contribution is -1.95. The summed E-state index contributed by atoms with van der Waals surface area (Å²) in [6.07, 6.45) is 0. The summed E-state index contributed by atoms with van der Waals surface area (Å²) in [5.41, 5.74) is 0.917. The van der Waals surface area contributed by atoms with E-state index in [2.05, 4.69) is 0 Å². The van der Waals surface area contributed by atoms with Crippen LogP contribution in [0, 0.1) is 0 Å². The highest BCUT2D eigenvalue weighted by molar-refractivity contribution is 5.85. The van der Waals surface area contributed by atoms with Crippen LogP contribution >= 0.6 is 0 Å². The predicted molar refractivity (Wildman–Crippen MR) is 42.3 cm³/mol. The Morgan fingerprint density at radius 2 is 2.08 bits per heavy atom. The molecule has 1 aliphatic carbocycles. The number of fused-ring (bicyclic) bond motifs is 1. The van der Waals surface area contributed by atoms with Crippen molar-refractivity contribution in [1.29, 1.82) is 0 Å². The first kappa shape index (κ1) is 6.91. The number of rotatable bonds is 1. The first-order valence-corrected chi connectivity index (χ1v) is 3.49. The lowest BCUT2D eigenvalue weighted by molar-refractivity contribution is 0.0661. The minimum absolute atomic E-state index is 0.0336. The van der Waals surface area contributed by atoms with Gasteiger partial charge in [0.2, 0.25) is 5.76 Å². The van der Waals surface area contributed by atoms with Crippen LogP contribution in [-0.4, -0.2) is 11.1 Å². The fourth-order valence-corrected chi connectivity index (χ4v) is 1.08. The Morgan fingerprint density at radius 3 is 2.83 bits per heavy atom. The van der Waals surface area contributed by atoms with Crippen LogP contribution in [0.15, 0.2) is 34.7 Å². The molecule has 2 rings (SSSR count). The molecule has 0 amide bonds. The zero-order valence-corrected chi connectivity index (χ0v) is 6.15. The topological polar surface area (TPSA) is 50.4 Å². The number of carbonyl (C=O) groups is 1. The van der Waals surface area contributed by atoms with Gasteiger partial charge in [-0.15, -0.1) is 0 Å². The molecule has 0 aromatic rings. The van der Waals surface area contributed by atoms with Crippen LogP contribution in [0.5, 0.6) is 0 Å². The Morgan fingerprint density at radius 1 is 1.25 bits per heavy atom. The van der Waals surface area contributed by atoms with E-state index in [9.17, 15) is 4.79 Å². The molecule has 0 spiro atoms. The van der Waals surface area contributed by atoms with Gasteiger partial charge in [-0.1, -0.05) is 12.1 Å². The molecule has 1 N–H and O–H groups in total. The van der Waals surface area contributed by atoms with Crippen molar-refractivity contribution in [1.82, 2.24) is 0 Å². The first-order valence-electron chi connectivity index (χ1n) is 3.49. The van der Waals surface area contributed by atoms with Crippen LogP contribution in [-0.2, 0) is 0 Å². The molecule has 3 nitrogen and oxygen atoms in total. The molecule has 0 atom stereocenters. The van der Waals surface area contributed by atoms with Gasteiger partial charge < -0.3 is 9.52 Å². The van der Waals surface area contributed by atoms with E-state index in [0.717, 1.165) is 5.56 Å². The molecule has 2 aliphatic rings. The molecule has 0 fully saturated rings. The third kappa shape index (κ3) is 0.955. The Kier molecular flexibility index (Phi) is 1.37. The Balaban J connectivity index is 2.62. The van der Waals surface area contributed by atoms with Crippen LogP contribution in [0.4, 0.5) is 0 Å². The molecule has 0 saturated carbocycles. The van der Waals surface area contributed by atoms with Crippen LogP contribution in [0.2, 0.25) is 0 Å². The number of hydrogen-bond acceptors (Lipinski definition) is 2. The number of carboxylic acid groups (broad SMARTS) is 1. The largest absolute Gasteiger partial charge is 0.475 e. The van der Waals surface area contributed by atoms with Gasteiger partial charge in [0.1, 0.15) is 5.76 Å². The Hall–Kier alpha value is -1.77. The van der Waals surface area contributed by atoms with Crippen molar-refractivity contribution in [2.45, 2.75) is 0 Å². The van der Waals surface area contributed by atoms with Crippen molar-refractivity contribution in [2.24, 2.45) is 0 Å². The van der Waals surface area contributed by atoms with Crippen LogP contribution < -0.4 is 0 Å². The second kappa shape index (κ2) is 2.37. The summed E-state index contributed by atoms with van der Waals surface area (Å²) >= 11 is 0. The van der Waals surface area contributed by atoms with Crippen LogP contribution in [0.25, 0.3) is 11.3 Å². The highest BCUT2D eigenvalue weighted by atomic mass is 16.4. The van der Waals surface area contributed by atoms with Gasteiger partial charge in [-0.2, -0.15) is 0 Å². The number of aromatic carboxylic acids is 1. The highest BCUT2D eigenvalue weighted by Crippen LogP contribution is 2.23. The van der Waals surface area contributed by atoms with Crippen molar-refractivity contribution in [3.63, 3.8) is 0 Å². The molecule has 12 heavy (non-hydrogen) atoms. The SMILES string of the molecule is O=C(O)c1ccc2cccc-2o1. The van der Waals surface area contributed by atoms with Crippen molar-refractivity contribution in [2.75, 3.05) is 0 Å². The third-order valence-electron chi connectivity index (χ3n) is 1.65. The number of hydrogen-bond donors (Lipinski definition) is 1. The standard InChI is InChI=1S/C9H6O3/c10-9(11)8-5-4-6-2-1-3-7(6)12-8/h1-5H,(H,10,11). The van der Waals surface area contributed by atoms with Gasteiger partial charge in [0.15, 0.2) is 0 Å². The fraction of sp³-hybridized carbons (Fsp3) is 0. The summed E-state index contributed by atoms with van der Waals surface area (Å²) in [5.74, 6) is -0.471. The van der Waals surface area contributed by atoms with Crippen LogP contribution in [0.1, 0.15) is 10.6 Å². The normalized spacial score (nSPS) is 10.3. The quantitative estimate of drug-likeness (QED) is 0.698. The monoisotopic (exact) mass is 162 g/mol. The van der Waals surface area contributed by atoms with Crippen molar-refractivity contribution < 1.29 is 14.3 Å². The highest BCUT2D eigenvalue weighted by Gasteiger charge is 2.09. The second-order valence-corrected chi connectivity index (χ2v) is 2.45. The maximum atomic E-state index is 10.5. The third-order valence-corrected chi connectivity index (χ3v) is 1.65. The molecule has 0 unspecified atom stereocenters. The minimum Gasteiger partial charge on any atom is -0.475 e. The predicted octanol–water partition coefficient (Wildman–Crippen LogP) is 2.08. The zero-order valence-electron chi connectivity index (χ0n) is 6.15. The van der Waals surface area contributed by atoms with E-state index in [4.69, 9.17) is 9.52 Å². The van der Waals surface area contributed by atoms with E-state index in [1.807, 2.05) is 12.1 Å². The summed E-state index contributed by atoms with van der Waals surface area (Å²) < 4.78 is 5.06. The van der Waals surface area contributed by atoms with Gasteiger partial charge in [-0.3, -0.25) is 0 Å². The summed E-state index contributed by atoms with van der Waals surface area (Å²) in [5, 5.41) is 8.59. The van der Waals surface area contributed by atoms with E-state index in [1.165, 1.54) is 6.07 Å². The smallest absolute Gasteiger partial charge is 0.371 e. The fourth-order valence-electron chi connectivity index (χ4n) is 1.08. The van der Waals surface area contributed by atoms with E-state index < -0.39 is 5.97 Å². The molecule has 3 heteroatoms. The molecule has 1 aliphatic heterocycles. The summed E-state index contributed by atoms with van der Waals surface area (Å²) in [7, 11) is 0. The minimum atomic E-state index is -1.04. The molecule has 0 bridgehead atoms. The van der Waals surface area contributed by atoms with Gasteiger partial charge in [0.05, 0.1) is 0 Å². The molecule has 1 heterocycles.